The molecule has 0 saturated heterocycles. The molecule has 1 aliphatic rings. The summed E-state index contributed by atoms with van der Waals surface area (Å²) in [6.45, 7) is 0. The molecule has 2 nitrogen and oxygen atoms in total. The van der Waals surface area contributed by atoms with Crippen molar-refractivity contribution in [2.24, 2.45) is 0 Å². The van der Waals surface area contributed by atoms with E-state index < -0.39 is 0 Å². The first kappa shape index (κ1) is 8.05. The highest BCUT2D eigenvalue weighted by atomic mass is 16.1. The molecule has 1 amide bonds. The van der Waals surface area contributed by atoms with Crippen LogP contribution in [-0.2, 0) is 4.79 Å². The van der Waals surface area contributed by atoms with Crippen LogP contribution in [0.1, 0.15) is 18.0 Å². The van der Waals surface area contributed by atoms with Gasteiger partial charge in [0.1, 0.15) is 0 Å². The van der Waals surface area contributed by atoms with E-state index >= 15 is 0 Å². The van der Waals surface area contributed by atoms with Crippen LogP contribution in [0, 0.1) is 0 Å². The van der Waals surface area contributed by atoms with E-state index in [4.69, 9.17) is 0 Å². The third-order valence-corrected chi connectivity index (χ3v) is 2.16. The molecule has 0 saturated carbocycles. The van der Waals surface area contributed by atoms with Crippen LogP contribution in [0.4, 0.5) is 0 Å². The van der Waals surface area contributed by atoms with Gasteiger partial charge in [-0.15, -0.1) is 0 Å². The van der Waals surface area contributed by atoms with Crippen molar-refractivity contribution < 1.29 is 4.79 Å². The van der Waals surface area contributed by atoms with Crippen LogP contribution in [0.25, 0.3) is 0 Å². The SMILES string of the molecule is O=C1C=CCC(c2ccccc2)N1. The van der Waals surface area contributed by atoms with Crippen LogP contribution in [0.3, 0.4) is 0 Å². The molecule has 0 spiro atoms. The third kappa shape index (κ3) is 1.78. The topological polar surface area (TPSA) is 29.1 Å². The zero-order valence-electron chi connectivity index (χ0n) is 7.23. The van der Waals surface area contributed by atoms with Crippen molar-refractivity contribution in [3.05, 3.63) is 48.0 Å². The Morgan fingerprint density at radius 3 is 2.69 bits per heavy atom. The Kier molecular flexibility index (Phi) is 2.13. The lowest BCUT2D eigenvalue weighted by Gasteiger charge is -2.19. The van der Waals surface area contributed by atoms with E-state index in [-0.39, 0.29) is 11.9 Å². The minimum atomic E-state index is 0.0000954. The molecule has 1 N–H and O–H groups in total. The standard InChI is InChI=1S/C11H11NO/c13-11-8-4-7-10(12-11)9-5-2-1-3-6-9/h1-6,8,10H,7H2,(H,12,13). The minimum absolute atomic E-state index is 0.0000954. The van der Waals surface area contributed by atoms with Gasteiger partial charge in [0.05, 0.1) is 6.04 Å². The van der Waals surface area contributed by atoms with Crippen LogP contribution < -0.4 is 5.32 Å². The predicted octanol–water partition coefficient (Wildman–Crippen LogP) is 1.80. The van der Waals surface area contributed by atoms with Gasteiger partial charge in [0, 0.05) is 0 Å². The number of hydrogen-bond acceptors (Lipinski definition) is 1. The van der Waals surface area contributed by atoms with E-state index in [9.17, 15) is 4.79 Å². The van der Waals surface area contributed by atoms with Crippen LogP contribution >= 0.6 is 0 Å². The first-order valence-electron chi connectivity index (χ1n) is 4.38. The Bertz CT molecular complexity index is 329. The van der Waals surface area contributed by atoms with E-state index in [1.807, 2.05) is 36.4 Å². The van der Waals surface area contributed by atoms with Crippen molar-refractivity contribution in [1.29, 1.82) is 0 Å². The Balaban J connectivity index is 2.19. The molecule has 1 atom stereocenters. The molecule has 0 bridgehead atoms. The summed E-state index contributed by atoms with van der Waals surface area (Å²) < 4.78 is 0. The van der Waals surface area contributed by atoms with Crippen molar-refractivity contribution in [2.75, 3.05) is 0 Å². The summed E-state index contributed by atoms with van der Waals surface area (Å²) in [5, 5.41) is 2.91. The van der Waals surface area contributed by atoms with E-state index in [0.717, 1.165) is 6.42 Å². The van der Waals surface area contributed by atoms with E-state index in [1.165, 1.54) is 5.56 Å². The fraction of sp³-hybridized carbons (Fsp3) is 0.182. The van der Waals surface area contributed by atoms with E-state index in [0.29, 0.717) is 0 Å². The lowest BCUT2D eigenvalue weighted by molar-refractivity contribution is -0.117. The summed E-state index contributed by atoms with van der Waals surface area (Å²) in [6, 6.07) is 10.2. The van der Waals surface area contributed by atoms with Gasteiger partial charge in [-0.25, -0.2) is 0 Å². The van der Waals surface area contributed by atoms with Crippen LogP contribution in [-0.4, -0.2) is 5.91 Å². The molecule has 1 aliphatic heterocycles. The maximum absolute atomic E-state index is 11.0. The molecule has 0 radical (unpaired) electrons. The van der Waals surface area contributed by atoms with E-state index in [1.54, 1.807) is 6.08 Å². The van der Waals surface area contributed by atoms with Crippen molar-refractivity contribution in [3.63, 3.8) is 0 Å². The monoisotopic (exact) mass is 173 g/mol. The maximum Gasteiger partial charge on any atom is 0.244 e. The lowest BCUT2D eigenvalue weighted by Crippen LogP contribution is -2.29. The van der Waals surface area contributed by atoms with Gasteiger partial charge >= 0.3 is 0 Å². The van der Waals surface area contributed by atoms with Crippen molar-refractivity contribution >= 4 is 5.91 Å². The molecule has 1 unspecified atom stereocenters. The zero-order chi connectivity index (χ0) is 9.10. The Labute approximate surface area is 77.3 Å². The summed E-state index contributed by atoms with van der Waals surface area (Å²) in [6.07, 6.45) is 4.38. The number of carbonyl (C=O) groups excluding carboxylic acids is 1. The highest BCUT2D eigenvalue weighted by molar-refractivity contribution is 5.88. The maximum atomic E-state index is 11.0. The second-order valence-corrected chi connectivity index (χ2v) is 3.11. The third-order valence-electron chi connectivity index (χ3n) is 2.16. The molecule has 0 aliphatic carbocycles. The number of carbonyl (C=O) groups is 1. The van der Waals surface area contributed by atoms with Gasteiger partial charge in [-0.05, 0) is 18.1 Å². The van der Waals surface area contributed by atoms with Crippen molar-refractivity contribution in [2.45, 2.75) is 12.5 Å². The molecule has 13 heavy (non-hydrogen) atoms. The summed E-state index contributed by atoms with van der Waals surface area (Å²) in [4.78, 5) is 11.0. The van der Waals surface area contributed by atoms with Gasteiger partial charge in [-0.3, -0.25) is 4.79 Å². The average molecular weight is 173 g/mol. The summed E-state index contributed by atoms with van der Waals surface area (Å²) in [7, 11) is 0. The quantitative estimate of drug-likeness (QED) is 0.689. The molecular weight excluding hydrogens is 162 g/mol. The highest BCUT2D eigenvalue weighted by Gasteiger charge is 2.14. The highest BCUT2D eigenvalue weighted by Crippen LogP contribution is 2.18. The average Bonchev–Trinajstić information content (AvgIpc) is 2.19. The summed E-state index contributed by atoms with van der Waals surface area (Å²) in [5.41, 5.74) is 1.17. The second kappa shape index (κ2) is 3.44. The largest absolute Gasteiger partial charge is 0.345 e. The number of nitrogens with one attached hydrogen (secondary N) is 1. The predicted molar refractivity (Wildman–Crippen MR) is 51.1 cm³/mol. The number of amides is 1. The fourth-order valence-electron chi connectivity index (χ4n) is 1.49. The zero-order valence-corrected chi connectivity index (χ0v) is 7.23. The number of hydrogen-bond donors (Lipinski definition) is 1. The molecule has 1 aromatic carbocycles. The van der Waals surface area contributed by atoms with E-state index in [2.05, 4.69) is 5.32 Å². The Hall–Kier alpha value is -1.57. The minimum Gasteiger partial charge on any atom is -0.345 e. The molecule has 1 heterocycles. The number of benzene rings is 1. The van der Waals surface area contributed by atoms with Gasteiger partial charge in [-0.2, -0.15) is 0 Å². The molecule has 0 aromatic heterocycles. The molecule has 1 aromatic rings. The fourth-order valence-corrected chi connectivity index (χ4v) is 1.49. The molecule has 66 valence electrons. The first-order valence-corrected chi connectivity index (χ1v) is 4.38. The van der Waals surface area contributed by atoms with Gasteiger partial charge < -0.3 is 5.32 Å². The van der Waals surface area contributed by atoms with Gasteiger partial charge in [-0.1, -0.05) is 36.4 Å². The molecule has 2 heteroatoms. The first-order chi connectivity index (χ1) is 6.36. The molecule has 0 fully saturated rings. The van der Waals surface area contributed by atoms with Gasteiger partial charge in [0.25, 0.3) is 0 Å². The van der Waals surface area contributed by atoms with Crippen LogP contribution in [0.2, 0.25) is 0 Å². The molecule has 2 rings (SSSR count). The van der Waals surface area contributed by atoms with Crippen LogP contribution in [0.15, 0.2) is 42.5 Å². The second-order valence-electron chi connectivity index (χ2n) is 3.11. The summed E-state index contributed by atoms with van der Waals surface area (Å²) >= 11 is 0. The van der Waals surface area contributed by atoms with Crippen molar-refractivity contribution in [1.82, 2.24) is 5.32 Å². The Morgan fingerprint density at radius 2 is 2.00 bits per heavy atom. The van der Waals surface area contributed by atoms with Crippen molar-refractivity contribution in [3.8, 4) is 0 Å². The van der Waals surface area contributed by atoms with Crippen LogP contribution in [0.5, 0.6) is 0 Å². The number of rotatable bonds is 1. The summed E-state index contributed by atoms with van der Waals surface area (Å²) in [5.74, 6) is 0.0000954. The smallest absolute Gasteiger partial charge is 0.244 e. The Morgan fingerprint density at radius 1 is 1.23 bits per heavy atom. The van der Waals surface area contributed by atoms with Gasteiger partial charge in [0.15, 0.2) is 0 Å². The lowest BCUT2D eigenvalue weighted by atomic mass is 10.0. The molecular formula is C11H11NO. The normalized spacial score (nSPS) is 21.2. The van der Waals surface area contributed by atoms with Gasteiger partial charge in [0.2, 0.25) is 5.91 Å².